The third-order valence-electron chi connectivity index (χ3n) is 4.51. The molecule has 3 N–H and O–H groups in total. The van der Waals surface area contributed by atoms with E-state index < -0.39 is 0 Å². The first-order valence-electron chi connectivity index (χ1n) is 8.21. The van der Waals surface area contributed by atoms with Gasteiger partial charge in [0.15, 0.2) is 0 Å². The highest BCUT2D eigenvalue weighted by atomic mass is 16.2. The van der Waals surface area contributed by atoms with Crippen molar-refractivity contribution in [2.24, 2.45) is 0 Å². The fraction of sp³-hybridized carbons (Fsp3) is 0.263. The smallest absolute Gasteiger partial charge is 0.323 e. The van der Waals surface area contributed by atoms with Crippen LogP contribution in [-0.2, 0) is 11.3 Å². The van der Waals surface area contributed by atoms with Crippen molar-refractivity contribution in [2.75, 3.05) is 12.4 Å². The monoisotopic (exact) mass is 338 g/mol. The van der Waals surface area contributed by atoms with E-state index in [2.05, 4.69) is 34.3 Å². The summed E-state index contributed by atoms with van der Waals surface area (Å²) in [5.41, 5.74) is 4.20. The largest absolute Gasteiger partial charge is 0.325 e. The van der Waals surface area contributed by atoms with E-state index in [0.29, 0.717) is 23.3 Å². The fourth-order valence-corrected chi connectivity index (χ4v) is 2.75. The topological polar surface area (TPSA) is 81.0 Å². The van der Waals surface area contributed by atoms with Crippen LogP contribution in [0.25, 0.3) is 11.0 Å². The van der Waals surface area contributed by atoms with Crippen LogP contribution >= 0.6 is 0 Å². The summed E-state index contributed by atoms with van der Waals surface area (Å²) < 4.78 is 0. The van der Waals surface area contributed by atoms with E-state index in [-0.39, 0.29) is 17.6 Å². The summed E-state index contributed by atoms with van der Waals surface area (Å²) in [4.78, 5) is 31.2. The van der Waals surface area contributed by atoms with Gasteiger partial charge in [-0.05, 0) is 50.2 Å². The van der Waals surface area contributed by atoms with Gasteiger partial charge in [-0.25, -0.2) is 4.79 Å². The third kappa shape index (κ3) is 3.80. The SMILES string of the molecule is Cc1ccccc1CN(C)[C@H](C)C(=O)Nc1ccc2[nH]c(=O)[nH]c2c1. The molecule has 0 radical (unpaired) electrons. The zero-order chi connectivity index (χ0) is 18.0. The lowest BCUT2D eigenvalue weighted by atomic mass is 10.1. The second-order valence-corrected chi connectivity index (χ2v) is 6.35. The summed E-state index contributed by atoms with van der Waals surface area (Å²) in [7, 11) is 1.93. The molecule has 0 saturated heterocycles. The van der Waals surface area contributed by atoms with Crippen LogP contribution in [0.4, 0.5) is 5.69 Å². The zero-order valence-electron chi connectivity index (χ0n) is 14.6. The number of aromatic amines is 2. The number of hydrogen-bond acceptors (Lipinski definition) is 3. The maximum absolute atomic E-state index is 12.5. The molecule has 1 aromatic heterocycles. The molecular weight excluding hydrogens is 316 g/mol. The first kappa shape index (κ1) is 17.0. The molecule has 6 nitrogen and oxygen atoms in total. The number of likely N-dealkylation sites (N-methyl/N-ethyl adjacent to an activating group) is 1. The first-order chi connectivity index (χ1) is 11.9. The Labute approximate surface area is 145 Å². The van der Waals surface area contributed by atoms with Crippen LogP contribution in [0.5, 0.6) is 0 Å². The molecule has 0 aliphatic carbocycles. The molecule has 0 aliphatic heterocycles. The van der Waals surface area contributed by atoms with E-state index in [1.807, 2.05) is 31.0 Å². The van der Waals surface area contributed by atoms with Gasteiger partial charge in [0.05, 0.1) is 17.1 Å². The molecule has 1 heterocycles. The average Bonchev–Trinajstić information content (AvgIpc) is 2.95. The molecule has 3 rings (SSSR count). The number of fused-ring (bicyclic) bond motifs is 1. The van der Waals surface area contributed by atoms with Crippen molar-refractivity contribution in [3.05, 3.63) is 64.1 Å². The molecule has 3 aromatic rings. The minimum absolute atomic E-state index is 0.0895. The van der Waals surface area contributed by atoms with Gasteiger partial charge in [0.2, 0.25) is 5.91 Å². The van der Waals surface area contributed by atoms with Crippen molar-refractivity contribution in [2.45, 2.75) is 26.4 Å². The number of aryl methyl sites for hydroxylation is 1. The molecule has 0 fully saturated rings. The molecule has 1 atom stereocenters. The molecule has 25 heavy (non-hydrogen) atoms. The maximum Gasteiger partial charge on any atom is 0.323 e. The molecule has 0 saturated carbocycles. The van der Waals surface area contributed by atoms with Crippen molar-refractivity contribution >= 4 is 22.6 Å². The lowest BCUT2D eigenvalue weighted by Gasteiger charge is -2.24. The van der Waals surface area contributed by atoms with Crippen molar-refractivity contribution in [3.63, 3.8) is 0 Å². The fourth-order valence-electron chi connectivity index (χ4n) is 2.75. The first-order valence-corrected chi connectivity index (χ1v) is 8.21. The van der Waals surface area contributed by atoms with Gasteiger partial charge in [-0.1, -0.05) is 24.3 Å². The standard InChI is InChI=1S/C19H22N4O2/c1-12-6-4-5-7-14(12)11-23(3)13(2)18(24)20-15-8-9-16-17(10-15)22-19(25)21-16/h4-10,13H,11H2,1-3H3,(H,20,24)(H2,21,22,25)/t13-/m1/s1. The van der Waals surface area contributed by atoms with Gasteiger partial charge in [-0.3, -0.25) is 9.69 Å². The Morgan fingerprint density at radius 2 is 1.88 bits per heavy atom. The Balaban J connectivity index is 1.68. The normalized spacial score (nSPS) is 12.5. The minimum Gasteiger partial charge on any atom is -0.325 e. The van der Waals surface area contributed by atoms with Crippen molar-refractivity contribution in [3.8, 4) is 0 Å². The number of carbonyl (C=O) groups is 1. The molecule has 0 spiro atoms. The number of carbonyl (C=O) groups excluding carboxylic acids is 1. The van der Waals surface area contributed by atoms with E-state index in [9.17, 15) is 9.59 Å². The van der Waals surface area contributed by atoms with Gasteiger partial charge in [-0.2, -0.15) is 0 Å². The highest BCUT2D eigenvalue weighted by molar-refractivity contribution is 5.96. The lowest BCUT2D eigenvalue weighted by Crippen LogP contribution is -2.39. The van der Waals surface area contributed by atoms with Crippen molar-refractivity contribution < 1.29 is 4.79 Å². The molecule has 0 unspecified atom stereocenters. The number of aromatic nitrogens is 2. The number of amides is 1. The van der Waals surface area contributed by atoms with Crippen LogP contribution in [0.2, 0.25) is 0 Å². The van der Waals surface area contributed by atoms with E-state index in [4.69, 9.17) is 0 Å². The predicted molar refractivity (Wildman–Crippen MR) is 99.7 cm³/mol. The van der Waals surface area contributed by atoms with Crippen molar-refractivity contribution in [1.82, 2.24) is 14.9 Å². The number of benzene rings is 2. The van der Waals surface area contributed by atoms with Crippen LogP contribution in [0, 0.1) is 6.92 Å². The molecule has 0 bridgehead atoms. The molecule has 1 amide bonds. The van der Waals surface area contributed by atoms with Crippen LogP contribution in [0.3, 0.4) is 0 Å². The second kappa shape index (κ2) is 6.94. The average molecular weight is 338 g/mol. The highest BCUT2D eigenvalue weighted by Gasteiger charge is 2.19. The Bertz CT molecular complexity index is 957. The lowest BCUT2D eigenvalue weighted by molar-refractivity contribution is -0.120. The second-order valence-electron chi connectivity index (χ2n) is 6.35. The van der Waals surface area contributed by atoms with Gasteiger partial charge in [0.1, 0.15) is 0 Å². The summed E-state index contributed by atoms with van der Waals surface area (Å²) in [5, 5.41) is 2.91. The molecule has 6 heteroatoms. The minimum atomic E-state index is -0.291. The number of nitrogens with one attached hydrogen (secondary N) is 3. The number of imidazole rings is 1. The maximum atomic E-state index is 12.5. The number of rotatable bonds is 5. The Kier molecular flexibility index (Phi) is 4.72. The van der Waals surface area contributed by atoms with Crippen LogP contribution in [0.1, 0.15) is 18.1 Å². The van der Waals surface area contributed by atoms with Gasteiger partial charge in [0.25, 0.3) is 0 Å². The summed E-state index contributed by atoms with van der Waals surface area (Å²) in [6, 6.07) is 13.2. The van der Waals surface area contributed by atoms with Crippen molar-refractivity contribution in [1.29, 1.82) is 0 Å². The van der Waals surface area contributed by atoms with E-state index in [1.165, 1.54) is 11.1 Å². The summed E-state index contributed by atoms with van der Waals surface area (Å²) in [5.74, 6) is -0.0895. The summed E-state index contributed by atoms with van der Waals surface area (Å²) >= 11 is 0. The van der Waals surface area contributed by atoms with Crippen LogP contribution in [0.15, 0.2) is 47.3 Å². The van der Waals surface area contributed by atoms with Crippen LogP contribution < -0.4 is 11.0 Å². The van der Waals surface area contributed by atoms with E-state index in [0.717, 1.165) is 0 Å². The van der Waals surface area contributed by atoms with Crippen LogP contribution in [-0.4, -0.2) is 33.9 Å². The van der Waals surface area contributed by atoms with Gasteiger partial charge >= 0.3 is 5.69 Å². The molecular formula is C19H22N4O2. The van der Waals surface area contributed by atoms with E-state index in [1.54, 1.807) is 18.2 Å². The zero-order valence-corrected chi connectivity index (χ0v) is 14.6. The number of nitrogens with zero attached hydrogens (tertiary/aromatic N) is 1. The molecule has 130 valence electrons. The Morgan fingerprint density at radius 3 is 2.64 bits per heavy atom. The Morgan fingerprint density at radius 1 is 1.16 bits per heavy atom. The summed E-state index contributed by atoms with van der Waals surface area (Å²) in [6.45, 7) is 4.65. The predicted octanol–water partition coefficient (Wildman–Crippen LogP) is 2.62. The van der Waals surface area contributed by atoms with Gasteiger partial charge in [0, 0.05) is 12.2 Å². The quantitative estimate of drug-likeness (QED) is 0.669. The summed E-state index contributed by atoms with van der Waals surface area (Å²) in [6.07, 6.45) is 0. The molecule has 0 aliphatic rings. The number of hydrogen-bond donors (Lipinski definition) is 3. The number of H-pyrrole nitrogens is 2. The van der Waals surface area contributed by atoms with E-state index >= 15 is 0 Å². The highest BCUT2D eigenvalue weighted by Crippen LogP contribution is 2.16. The van der Waals surface area contributed by atoms with Gasteiger partial charge < -0.3 is 15.3 Å². The number of anilines is 1. The molecule has 2 aromatic carbocycles. The Hall–Kier alpha value is -2.86. The van der Waals surface area contributed by atoms with Gasteiger partial charge in [-0.15, -0.1) is 0 Å². The third-order valence-corrected chi connectivity index (χ3v) is 4.51.